The molecule has 1 aliphatic rings. The lowest BCUT2D eigenvalue weighted by atomic mass is 10.0. The highest BCUT2D eigenvalue weighted by Gasteiger charge is 2.24. The molecule has 0 spiro atoms. The van der Waals surface area contributed by atoms with Crippen LogP contribution in [0.2, 0.25) is 5.02 Å². The van der Waals surface area contributed by atoms with Crippen molar-refractivity contribution in [1.29, 1.82) is 0 Å². The number of nitrogens with zero attached hydrogens (tertiary/aromatic N) is 1. The molecule has 1 saturated heterocycles. The van der Waals surface area contributed by atoms with E-state index in [1.54, 1.807) is 12.1 Å². The predicted molar refractivity (Wildman–Crippen MR) is 64.3 cm³/mol. The fourth-order valence-corrected chi connectivity index (χ4v) is 2.48. The van der Waals surface area contributed by atoms with Crippen molar-refractivity contribution in [3.63, 3.8) is 0 Å². The van der Waals surface area contributed by atoms with Crippen LogP contribution in [0.15, 0.2) is 18.2 Å². The van der Waals surface area contributed by atoms with Gasteiger partial charge in [-0.15, -0.1) is 0 Å². The van der Waals surface area contributed by atoms with Gasteiger partial charge >= 0.3 is 0 Å². The first-order valence-electron chi connectivity index (χ1n) is 5.55. The number of hydrogen-bond donors (Lipinski definition) is 1. The average Bonchev–Trinajstić information content (AvgIpc) is 2.44. The van der Waals surface area contributed by atoms with Crippen molar-refractivity contribution in [3.05, 3.63) is 34.6 Å². The summed E-state index contributed by atoms with van der Waals surface area (Å²) in [6, 6.07) is 4.96. The van der Waals surface area contributed by atoms with Gasteiger partial charge in [-0.25, -0.2) is 4.39 Å². The average molecular weight is 243 g/mol. The van der Waals surface area contributed by atoms with E-state index >= 15 is 0 Å². The Morgan fingerprint density at radius 1 is 1.44 bits per heavy atom. The summed E-state index contributed by atoms with van der Waals surface area (Å²) in [4.78, 5) is 2.16. The number of benzene rings is 1. The van der Waals surface area contributed by atoms with Crippen molar-refractivity contribution in [3.8, 4) is 0 Å². The maximum Gasteiger partial charge on any atom is 0.129 e. The van der Waals surface area contributed by atoms with Crippen LogP contribution in [0.3, 0.4) is 0 Å². The Bertz CT molecular complexity index is 350. The molecule has 0 aromatic heterocycles. The molecule has 0 aliphatic carbocycles. The van der Waals surface area contributed by atoms with Gasteiger partial charge in [-0.3, -0.25) is 4.90 Å². The highest BCUT2D eigenvalue weighted by Crippen LogP contribution is 2.31. The summed E-state index contributed by atoms with van der Waals surface area (Å²) in [6.07, 6.45) is 0.886. The molecule has 0 saturated carbocycles. The van der Waals surface area contributed by atoms with Gasteiger partial charge in [0.25, 0.3) is 0 Å². The minimum atomic E-state index is -0.203. The van der Waals surface area contributed by atoms with E-state index in [0.29, 0.717) is 10.6 Å². The van der Waals surface area contributed by atoms with Crippen molar-refractivity contribution in [2.24, 2.45) is 0 Å². The standard InChI is InChI=1S/C12H16ClFN2/c1-16-8-7-15-6-5-11(16)12-9(13)3-2-4-10(12)14/h2-4,11,15H,5-8H2,1H3. The monoisotopic (exact) mass is 242 g/mol. The topological polar surface area (TPSA) is 15.3 Å². The first kappa shape index (κ1) is 11.8. The molecule has 16 heavy (non-hydrogen) atoms. The van der Waals surface area contributed by atoms with E-state index in [1.807, 2.05) is 7.05 Å². The van der Waals surface area contributed by atoms with E-state index in [-0.39, 0.29) is 11.9 Å². The number of likely N-dealkylation sites (N-methyl/N-ethyl adjacent to an activating group) is 1. The van der Waals surface area contributed by atoms with E-state index < -0.39 is 0 Å². The zero-order valence-electron chi connectivity index (χ0n) is 9.34. The fourth-order valence-electron chi connectivity index (χ4n) is 2.19. The Labute approximate surface area is 100 Å². The van der Waals surface area contributed by atoms with Crippen LogP contribution in [0, 0.1) is 5.82 Å². The van der Waals surface area contributed by atoms with E-state index in [2.05, 4.69) is 10.2 Å². The number of hydrogen-bond acceptors (Lipinski definition) is 2. The highest BCUT2D eigenvalue weighted by atomic mass is 35.5. The first-order valence-corrected chi connectivity index (χ1v) is 5.93. The van der Waals surface area contributed by atoms with E-state index in [0.717, 1.165) is 26.1 Å². The third-order valence-corrected chi connectivity index (χ3v) is 3.43. The van der Waals surface area contributed by atoms with Crippen molar-refractivity contribution in [2.75, 3.05) is 26.7 Å². The molecule has 1 heterocycles. The highest BCUT2D eigenvalue weighted by molar-refractivity contribution is 6.31. The van der Waals surface area contributed by atoms with Gasteiger partial charge in [-0.05, 0) is 32.1 Å². The summed E-state index contributed by atoms with van der Waals surface area (Å²) in [6.45, 7) is 2.76. The molecule has 1 aromatic rings. The molecular formula is C12H16ClFN2. The second-order valence-electron chi connectivity index (χ2n) is 4.17. The second-order valence-corrected chi connectivity index (χ2v) is 4.58. The molecular weight excluding hydrogens is 227 g/mol. The molecule has 1 N–H and O–H groups in total. The largest absolute Gasteiger partial charge is 0.315 e. The molecule has 2 rings (SSSR count). The minimum absolute atomic E-state index is 0.0729. The predicted octanol–water partition coefficient (Wildman–Crippen LogP) is 2.45. The molecule has 1 aliphatic heterocycles. The minimum Gasteiger partial charge on any atom is -0.315 e. The Balaban J connectivity index is 2.33. The van der Waals surface area contributed by atoms with Gasteiger partial charge in [-0.2, -0.15) is 0 Å². The molecule has 1 fully saturated rings. The molecule has 88 valence electrons. The van der Waals surface area contributed by atoms with Gasteiger partial charge in [0.2, 0.25) is 0 Å². The van der Waals surface area contributed by atoms with Crippen molar-refractivity contribution < 1.29 is 4.39 Å². The Hall–Kier alpha value is -0.640. The lowest BCUT2D eigenvalue weighted by molar-refractivity contribution is 0.252. The van der Waals surface area contributed by atoms with E-state index in [9.17, 15) is 4.39 Å². The fraction of sp³-hybridized carbons (Fsp3) is 0.500. The summed E-state index contributed by atoms with van der Waals surface area (Å²) >= 11 is 6.09. The van der Waals surface area contributed by atoms with Gasteiger partial charge in [0, 0.05) is 29.7 Å². The van der Waals surface area contributed by atoms with Crippen LogP contribution >= 0.6 is 11.6 Å². The molecule has 0 radical (unpaired) electrons. The maximum atomic E-state index is 13.8. The third-order valence-electron chi connectivity index (χ3n) is 3.10. The van der Waals surface area contributed by atoms with Gasteiger partial charge in [-0.1, -0.05) is 17.7 Å². The summed E-state index contributed by atoms with van der Waals surface area (Å²) in [5.41, 5.74) is 0.635. The van der Waals surface area contributed by atoms with Crippen molar-refractivity contribution in [2.45, 2.75) is 12.5 Å². The van der Waals surface area contributed by atoms with Crippen molar-refractivity contribution in [1.82, 2.24) is 10.2 Å². The van der Waals surface area contributed by atoms with Crippen LogP contribution < -0.4 is 5.32 Å². The summed E-state index contributed by atoms with van der Waals surface area (Å²) < 4.78 is 13.8. The quantitative estimate of drug-likeness (QED) is 0.814. The number of nitrogens with one attached hydrogen (secondary N) is 1. The summed E-state index contributed by atoms with van der Waals surface area (Å²) in [7, 11) is 2.01. The second kappa shape index (κ2) is 5.13. The third kappa shape index (κ3) is 2.37. The zero-order valence-corrected chi connectivity index (χ0v) is 10.1. The Kier molecular flexibility index (Phi) is 3.79. The van der Waals surface area contributed by atoms with Crippen molar-refractivity contribution >= 4 is 11.6 Å². The lowest BCUT2D eigenvalue weighted by Crippen LogP contribution is -2.27. The van der Waals surface area contributed by atoms with Gasteiger partial charge in [0.15, 0.2) is 0 Å². The van der Waals surface area contributed by atoms with Gasteiger partial charge in [0.05, 0.1) is 0 Å². The van der Waals surface area contributed by atoms with Gasteiger partial charge < -0.3 is 5.32 Å². The molecule has 0 amide bonds. The zero-order chi connectivity index (χ0) is 11.5. The molecule has 1 atom stereocenters. The molecule has 4 heteroatoms. The number of halogens is 2. The molecule has 1 aromatic carbocycles. The summed E-state index contributed by atoms with van der Waals surface area (Å²) in [5.74, 6) is -0.203. The smallest absolute Gasteiger partial charge is 0.129 e. The first-order chi connectivity index (χ1) is 7.70. The normalized spacial score (nSPS) is 23.1. The SMILES string of the molecule is CN1CCNCCC1c1c(F)cccc1Cl. The Morgan fingerprint density at radius 3 is 3.00 bits per heavy atom. The molecule has 2 nitrogen and oxygen atoms in total. The van der Waals surface area contributed by atoms with Crippen LogP contribution in [0.5, 0.6) is 0 Å². The molecule has 0 bridgehead atoms. The maximum absolute atomic E-state index is 13.8. The van der Waals surface area contributed by atoms with Crippen LogP contribution in [-0.2, 0) is 0 Å². The van der Waals surface area contributed by atoms with E-state index in [4.69, 9.17) is 11.6 Å². The summed E-state index contributed by atoms with van der Waals surface area (Å²) in [5, 5.41) is 3.84. The van der Waals surface area contributed by atoms with Crippen LogP contribution in [0.1, 0.15) is 18.0 Å². The van der Waals surface area contributed by atoms with Crippen LogP contribution in [0.4, 0.5) is 4.39 Å². The Morgan fingerprint density at radius 2 is 2.25 bits per heavy atom. The van der Waals surface area contributed by atoms with E-state index in [1.165, 1.54) is 6.07 Å². The lowest BCUT2D eigenvalue weighted by Gasteiger charge is -2.26. The van der Waals surface area contributed by atoms with Crippen LogP contribution in [0.25, 0.3) is 0 Å². The van der Waals surface area contributed by atoms with Gasteiger partial charge in [0.1, 0.15) is 5.82 Å². The van der Waals surface area contributed by atoms with Crippen LogP contribution in [-0.4, -0.2) is 31.6 Å². The molecule has 1 unspecified atom stereocenters. The number of rotatable bonds is 1.